The van der Waals surface area contributed by atoms with Crippen LogP contribution >= 0.6 is 0 Å². The summed E-state index contributed by atoms with van der Waals surface area (Å²) in [5, 5.41) is 11.3. The Morgan fingerprint density at radius 3 is 2.57 bits per heavy atom. The van der Waals surface area contributed by atoms with E-state index in [1.165, 1.54) is 24.0 Å². The summed E-state index contributed by atoms with van der Waals surface area (Å²) in [5.41, 5.74) is 0.495. The number of rotatable bonds is 8. The van der Waals surface area contributed by atoms with Gasteiger partial charge in [-0.05, 0) is 48.8 Å². The van der Waals surface area contributed by atoms with E-state index in [4.69, 9.17) is 4.42 Å². The number of anilines is 1. The highest BCUT2D eigenvalue weighted by molar-refractivity contribution is 6.10. The quantitative estimate of drug-likeness (QED) is 0.577. The molecule has 1 N–H and O–H groups in total. The zero-order valence-corrected chi connectivity index (χ0v) is 16.5. The van der Waals surface area contributed by atoms with Crippen LogP contribution in [-0.2, 0) is 21.6 Å². The zero-order chi connectivity index (χ0) is 21.0. The fourth-order valence-corrected chi connectivity index (χ4v) is 3.86. The van der Waals surface area contributed by atoms with E-state index in [9.17, 15) is 14.7 Å². The van der Waals surface area contributed by atoms with Crippen molar-refractivity contribution in [1.29, 1.82) is 0 Å². The lowest BCUT2D eigenvalue weighted by molar-refractivity contribution is -0.140. The SMILES string of the molecule is O=C(/C=C/c1ccco1)C[C@@]1(O)C(=O)N(CCCc2ccccc2)c2ccccc21. The van der Waals surface area contributed by atoms with Crippen LogP contribution in [0.15, 0.2) is 83.5 Å². The third-order valence-electron chi connectivity index (χ3n) is 5.34. The van der Waals surface area contributed by atoms with Gasteiger partial charge >= 0.3 is 0 Å². The smallest absolute Gasteiger partial charge is 0.264 e. The van der Waals surface area contributed by atoms with E-state index >= 15 is 0 Å². The molecule has 2 heterocycles. The van der Waals surface area contributed by atoms with Gasteiger partial charge in [-0.15, -0.1) is 0 Å². The average molecular weight is 401 g/mol. The van der Waals surface area contributed by atoms with E-state index in [2.05, 4.69) is 12.1 Å². The van der Waals surface area contributed by atoms with Gasteiger partial charge in [-0.25, -0.2) is 0 Å². The number of aliphatic hydroxyl groups is 1. The summed E-state index contributed by atoms with van der Waals surface area (Å²) in [4.78, 5) is 27.3. The second-order valence-corrected chi connectivity index (χ2v) is 7.42. The standard InChI is InChI=1S/C25H23NO4/c27-20(14-15-21-11-7-17-30-21)18-25(29)22-12-4-5-13-23(22)26(24(25)28)16-6-10-19-8-2-1-3-9-19/h1-5,7-9,11-15,17,29H,6,10,16,18H2/b15-14+/t25-/m0/s1. The molecule has 4 rings (SSSR count). The minimum atomic E-state index is -1.85. The first-order chi connectivity index (χ1) is 14.6. The number of furan rings is 1. The minimum absolute atomic E-state index is 0.310. The molecular weight excluding hydrogens is 378 g/mol. The number of ketones is 1. The van der Waals surface area contributed by atoms with Crippen molar-refractivity contribution in [3.63, 3.8) is 0 Å². The van der Waals surface area contributed by atoms with Crippen LogP contribution in [0.1, 0.15) is 29.7 Å². The first-order valence-corrected chi connectivity index (χ1v) is 10.00. The highest BCUT2D eigenvalue weighted by atomic mass is 16.3. The highest BCUT2D eigenvalue weighted by Gasteiger charge is 2.50. The summed E-state index contributed by atoms with van der Waals surface area (Å²) in [7, 11) is 0. The normalized spacial score (nSPS) is 18.2. The number of carbonyl (C=O) groups is 2. The summed E-state index contributed by atoms with van der Waals surface area (Å²) >= 11 is 0. The average Bonchev–Trinajstić information content (AvgIpc) is 3.35. The molecule has 0 aliphatic carbocycles. The van der Waals surface area contributed by atoms with Gasteiger partial charge in [0.2, 0.25) is 0 Å². The minimum Gasteiger partial charge on any atom is -0.465 e. The van der Waals surface area contributed by atoms with Crippen LogP contribution in [0.2, 0.25) is 0 Å². The molecule has 2 aromatic carbocycles. The number of aryl methyl sites for hydroxylation is 1. The zero-order valence-electron chi connectivity index (χ0n) is 16.5. The van der Waals surface area contributed by atoms with Crippen LogP contribution in [-0.4, -0.2) is 23.3 Å². The molecule has 0 radical (unpaired) electrons. The van der Waals surface area contributed by atoms with Crippen LogP contribution in [0, 0.1) is 0 Å². The predicted octanol–water partition coefficient (Wildman–Crippen LogP) is 4.12. The highest BCUT2D eigenvalue weighted by Crippen LogP contribution is 2.42. The largest absolute Gasteiger partial charge is 0.465 e. The molecule has 1 aromatic heterocycles. The Kier molecular flexibility index (Phi) is 5.63. The number of para-hydroxylation sites is 1. The topological polar surface area (TPSA) is 70.7 Å². The number of hydrogen-bond donors (Lipinski definition) is 1. The van der Waals surface area contributed by atoms with Crippen LogP contribution in [0.4, 0.5) is 5.69 Å². The monoisotopic (exact) mass is 401 g/mol. The first kappa shape index (κ1) is 19.9. The second-order valence-electron chi connectivity index (χ2n) is 7.42. The number of fused-ring (bicyclic) bond motifs is 1. The van der Waals surface area contributed by atoms with Crippen molar-refractivity contribution in [3.8, 4) is 0 Å². The van der Waals surface area contributed by atoms with Crippen LogP contribution < -0.4 is 4.90 Å². The molecule has 5 heteroatoms. The molecule has 0 saturated heterocycles. The number of amides is 1. The summed E-state index contributed by atoms with van der Waals surface area (Å²) < 4.78 is 5.18. The van der Waals surface area contributed by atoms with Gasteiger partial charge in [0.15, 0.2) is 11.4 Å². The van der Waals surface area contributed by atoms with Crippen molar-refractivity contribution >= 4 is 23.5 Å². The van der Waals surface area contributed by atoms with Gasteiger partial charge in [0, 0.05) is 12.1 Å². The lowest BCUT2D eigenvalue weighted by Gasteiger charge is -2.22. The summed E-state index contributed by atoms with van der Waals surface area (Å²) in [6.45, 7) is 0.476. The van der Waals surface area contributed by atoms with Gasteiger partial charge in [0.05, 0.1) is 18.4 Å². The van der Waals surface area contributed by atoms with Crippen molar-refractivity contribution in [2.75, 3.05) is 11.4 Å². The van der Waals surface area contributed by atoms with Crippen LogP contribution in [0.5, 0.6) is 0 Å². The van der Waals surface area contributed by atoms with Gasteiger partial charge in [-0.3, -0.25) is 9.59 Å². The molecule has 1 atom stereocenters. The second kappa shape index (κ2) is 8.51. The Bertz CT molecular complexity index is 1060. The summed E-state index contributed by atoms with van der Waals surface area (Å²) in [5.74, 6) is -0.254. The van der Waals surface area contributed by atoms with Crippen molar-refractivity contribution in [2.24, 2.45) is 0 Å². The van der Waals surface area contributed by atoms with E-state index in [-0.39, 0.29) is 12.2 Å². The maximum Gasteiger partial charge on any atom is 0.264 e. The molecule has 1 aliphatic heterocycles. The van der Waals surface area contributed by atoms with E-state index in [0.717, 1.165) is 12.8 Å². The van der Waals surface area contributed by atoms with Crippen molar-refractivity contribution in [1.82, 2.24) is 0 Å². The van der Waals surface area contributed by atoms with Crippen molar-refractivity contribution in [3.05, 3.63) is 96.0 Å². The van der Waals surface area contributed by atoms with Gasteiger partial charge in [-0.2, -0.15) is 0 Å². The predicted molar refractivity (Wildman–Crippen MR) is 115 cm³/mol. The Hall–Kier alpha value is -3.44. The Morgan fingerprint density at radius 2 is 1.80 bits per heavy atom. The molecule has 0 saturated carbocycles. The molecule has 3 aromatic rings. The number of allylic oxidation sites excluding steroid dienone is 1. The molecule has 1 amide bonds. The number of nitrogens with zero attached hydrogens (tertiary/aromatic N) is 1. The molecule has 5 nitrogen and oxygen atoms in total. The summed E-state index contributed by atoms with van der Waals surface area (Å²) in [6.07, 6.45) is 5.67. The molecule has 0 bridgehead atoms. The molecule has 0 spiro atoms. The Morgan fingerprint density at radius 1 is 1.03 bits per heavy atom. The lowest BCUT2D eigenvalue weighted by Crippen LogP contribution is -2.42. The fraction of sp³-hybridized carbons (Fsp3) is 0.200. The Balaban J connectivity index is 1.49. The number of benzene rings is 2. The molecule has 152 valence electrons. The van der Waals surface area contributed by atoms with Crippen molar-refractivity contribution < 1.29 is 19.1 Å². The van der Waals surface area contributed by atoms with E-state index in [1.807, 2.05) is 30.3 Å². The van der Waals surface area contributed by atoms with Crippen LogP contribution in [0.25, 0.3) is 6.08 Å². The number of hydrogen-bond acceptors (Lipinski definition) is 4. The molecule has 1 aliphatic rings. The maximum atomic E-state index is 13.2. The van der Waals surface area contributed by atoms with E-state index in [1.54, 1.807) is 29.2 Å². The molecule has 30 heavy (non-hydrogen) atoms. The van der Waals surface area contributed by atoms with E-state index < -0.39 is 11.5 Å². The Labute approximate surface area is 175 Å². The van der Waals surface area contributed by atoms with Crippen molar-refractivity contribution in [2.45, 2.75) is 24.9 Å². The van der Waals surface area contributed by atoms with Gasteiger partial charge < -0.3 is 14.4 Å². The van der Waals surface area contributed by atoms with Crippen LogP contribution in [0.3, 0.4) is 0 Å². The molecular formula is C25H23NO4. The van der Waals surface area contributed by atoms with Gasteiger partial charge in [-0.1, -0.05) is 48.5 Å². The third-order valence-corrected chi connectivity index (χ3v) is 5.34. The maximum absolute atomic E-state index is 13.2. The summed E-state index contributed by atoms with van der Waals surface area (Å²) in [6, 6.07) is 20.7. The number of carbonyl (C=O) groups excluding carboxylic acids is 2. The molecule has 0 unspecified atom stereocenters. The van der Waals surface area contributed by atoms with Gasteiger partial charge in [0.1, 0.15) is 5.76 Å². The molecule has 0 fully saturated rings. The third kappa shape index (κ3) is 3.98. The fourth-order valence-electron chi connectivity index (χ4n) is 3.86. The van der Waals surface area contributed by atoms with Gasteiger partial charge in [0.25, 0.3) is 5.91 Å². The lowest BCUT2D eigenvalue weighted by atomic mass is 9.90. The first-order valence-electron chi connectivity index (χ1n) is 10.00. The van der Waals surface area contributed by atoms with E-state index in [0.29, 0.717) is 23.6 Å².